The van der Waals surface area contributed by atoms with Crippen molar-refractivity contribution in [2.45, 2.75) is 13.0 Å². The molecule has 1 aliphatic heterocycles. The quantitative estimate of drug-likeness (QED) is 0.464. The molecule has 1 N–H and O–H groups in total. The zero-order valence-electron chi connectivity index (χ0n) is 15.7. The van der Waals surface area contributed by atoms with Gasteiger partial charge in [0, 0.05) is 58.4 Å². The molecular weight excluding hydrogens is 360 g/mol. The predicted octanol–water partition coefficient (Wildman–Crippen LogP) is 4.58. The number of rotatable bonds is 1. The van der Waals surface area contributed by atoms with Crippen LogP contribution in [0.1, 0.15) is 37.5 Å². The molecule has 1 aliphatic carbocycles. The Morgan fingerprint density at radius 1 is 0.862 bits per heavy atom. The summed E-state index contributed by atoms with van der Waals surface area (Å²) in [6.07, 6.45) is 0.811. The van der Waals surface area contributed by atoms with Crippen LogP contribution >= 0.6 is 0 Å². The first-order chi connectivity index (χ1) is 14.2. The van der Waals surface area contributed by atoms with E-state index in [-0.39, 0.29) is 11.7 Å². The van der Waals surface area contributed by atoms with Gasteiger partial charge in [0.15, 0.2) is 5.78 Å². The fourth-order valence-electron chi connectivity index (χ4n) is 4.68. The number of aromatic amines is 1. The van der Waals surface area contributed by atoms with Crippen LogP contribution in [0.25, 0.3) is 22.0 Å². The van der Waals surface area contributed by atoms with Crippen molar-refractivity contribution in [2.24, 2.45) is 0 Å². The van der Waals surface area contributed by atoms with Crippen LogP contribution in [-0.2, 0) is 13.0 Å². The summed E-state index contributed by atoms with van der Waals surface area (Å²) in [5, 5.41) is 1.18. The lowest BCUT2D eigenvalue weighted by atomic mass is 10.0. The summed E-state index contributed by atoms with van der Waals surface area (Å²) in [6.45, 7) is 1.26. The number of aromatic nitrogens is 1. The highest BCUT2D eigenvalue weighted by molar-refractivity contribution is 6.22. The second-order valence-electron chi connectivity index (χ2n) is 7.74. The average Bonchev–Trinajstić information content (AvgIpc) is 3.28. The minimum atomic E-state index is -0.0208. The topological polar surface area (TPSA) is 53.2 Å². The Morgan fingerprint density at radius 2 is 1.62 bits per heavy atom. The van der Waals surface area contributed by atoms with Gasteiger partial charge in [0.2, 0.25) is 0 Å². The third-order valence-corrected chi connectivity index (χ3v) is 6.14. The highest BCUT2D eigenvalue weighted by Crippen LogP contribution is 2.37. The van der Waals surface area contributed by atoms with Crippen molar-refractivity contribution in [3.63, 3.8) is 0 Å². The Balaban J connectivity index is 1.35. The predicted molar refractivity (Wildman–Crippen MR) is 112 cm³/mol. The summed E-state index contributed by atoms with van der Waals surface area (Å²) in [7, 11) is 0. The number of hydrogen-bond donors (Lipinski definition) is 1. The van der Waals surface area contributed by atoms with Gasteiger partial charge in [-0.2, -0.15) is 0 Å². The van der Waals surface area contributed by atoms with E-state index in [0.717, 1.165) is 23.1 Å². The van der Waals surface area contributed by atoms with Gasteiger partial charge in [0.05, 0.1) is 0 Å². The fraction of sp³-hybridized carbons (Fsp3) is 0.120. The van der Waals surface area contributed by atoms with E-state index in [9.17, 15) is 9.59 Å². The van der Waals surface area contributed by atoms with Crippen LogP contribution in [0, 0.1) is 0 Å². The lowest BCUT2D eigenvalue weighted by Gasteiger charge is -2.27. The minimum Gasteiger partial charge on any atom is -0.358 e. The number of para-hydroxylation sites is 1. The molecule has 0 saturated heterocycles. The van der Waals surface area contributed by atoms with Crippen LogP contribution in [-0.4, -0.2) is 28.1 Å². The molecule has 2 heterocycles. The van der Waals surface area contributed by atoms with Crippen LogP contribution < -0.4 is 0 Å². The van der Waals surface area contributed by atoms with Gasteiger partial charge in [-0.25, -0.2) is 0 Å². The maximum absolute atomic E-state index is 13.3. The third kappa shape index (κ3) is 2.32. The first-order valence-corrected chi connectivity index (χ1v) is 9.86. The van der Waals surface area contributed by atoms with E-state index in [4.69, 9.17) is 0 Å². The molecule has 0 unspecified atom stereocenters. The van der Waals surface area contributed by atoms with E-state index in [1.807, 2.05) is 53.4 Å². The number of nitrogens with one attached hydrogen (secondary N) is 1. The van der Waals surface area contributed by atoms with Crippen LogP contribution in [0.15, 0.2) is 66.7 Å². The first kappa shape index (κ1) is 16.3. The summed E-state index contributed by atoms with van der Waals surface area (Å²) in [6, 6.07) is 21.4. The van der Waals surface area contributed by atoms with Crippen molar-refractivity contribution in [2.75, 3.05) is 6.54 Å². The number of ketones is 1. The number of carbonyl (C=O) groups excluding carboxylic acids is 2. The van der Waals surface area contributed by atoms with Gasteiger partial charge in [0.25, 0.3) is 5.91 Å². The number of H-pyrrole nitrogens is 1. The molecular formula is C25H18N2O2. The van der Waals surface area contributed by atoms with Gasteiger partial charge in [-0.15, -0.1) is 0 Å². The lowest BCUT2D eigenvalue weighted by Crippen LogP contribution is -2.35. The molecule has 3 aromatic carbocycles. The Bertz CT molecular complexity index is 1330. The molecule has 0 atom stereocenters. The van der Waals surface area contributed by atoms with E-state index in [2.05, 4.69) is 17.1 Å². The van der Waals surface area contributed by atoms with E-state index < -0.39 is 0 Å². The molecule has 6 rings (SSSR count). The summed E-state index contributed by atoms with van der Waals surface area (Å²) in [5.41, 5.74) is 7.32. The molecule has 4 aromatic rings. The lowest BCUT2D eigenvalue weighted by molar-refractivity contribution is 0.0735. The Labute approximate surface area is 167 Å². The molecule has 0 spiro atoms. The van der Waals surface area contributed by atoms with Crippen LogP contribution in [0.2, 0.25) is 0 Å². The molecule has 1 aromatic heterocycles. The molecule has 140 valence electrons. The van der Waals surface area contributed by atoms with Crippen molar-refractivity contribution >= 4 is 22.6 Å². The number of benzene rings is 3. The molecule has 0 bridgehead atoms. The first-order valence-electron chi connectivity index (χ1n) is 9.86. The number of nitrogens with zero attached hydrogens (tertiary/aromatic N) is 1. The van der Waals surface area contributed by atoms with Gasteiger partial charge >= 0.3 is 0 Å². The normalized spacial score (nSPS) is 14.6. The summed E-state index contributed by atoms with van der Waals surface area (Å²) in [5.74, 6) is -0.0182. The van der Waals surface area contributed by atoms with E-state index in [1.54, 1.807) is 6.07 Å². The molecule has 0 fully saturated rings. The van der Waals surface area contributed by atoms with Crippen molar-refractivity contribution < 1.29 is 9.59 Å². The van der Waals surface area contributed by atoms with Crippen LogP contribution in [0.5, 0.6) is 0 Å². The maximum Gasteiger partial charge on any atom is 0.254 e. The number of hydrogen-bond acceptors (Lipinski definition) is 2. The van der Waals surface area contributed by atoms with Crippen molar-refractivity contribution in [3.05, 3.63) is 94.7 Å². The zero-order chi connectivity index (χ0) is 19.5. The molecule has 1 amide bonds. The molecule has 29 heavy (non-hydrogen) atoms. The molecule has 4 nitrogen and oxygen atoms in total. The molecule has 0 radical (unpaired) electrons. The van der Waals surface area contributed by atoms with E-state index in [1.165, 1.54) is 16.6 Å². The van der Waals surface area contributed by atoms with Crippen LogP contribution in [0.4, 0.5) is 0 Å². The zero-order valence-corrected chi connectivity index (χ0v) is 15.7. The highest BCUT2D eigenvalue weighted by atomic mass is 16.2. The molecule has 0 saturated carbocycles. The SMILES string of the molecule is O=C1c2ccccc2-c2ccc(C(=O)N3CCc4[nH]c5ccccc5c4C3)cc21. The summed E-state index contributed by atoms with van der Waals surface area (Å²) in [4.78, 5) is 31.4. The Kier molecular flexibility index (Phi) is 3.33. The smallest absolute Gasteiger partial charge is 0.254 e. The Hall–Kier alpha value is -3.66. The van der Waals surface area contributed by atoms with Crippen LogP contribution in [0.3, 0.4) is 0 Å². The van der Waals surface area contributed by atoms with Gasteiger partial charge in [-0.1, -0.05) is 48.5 Å². The van der Waals surface area contributed by atoms with E-state index in [0.29, 0.717) is 29.8 Å². The second kappa shape index (κ2) is 5.92. The van der Waals surface area contributed by atoms with Gasteiger partial charge in [0.1, 0.15) is 0 Å². The van der Waals surface area contributed by atoms with Crippen molar-refractivity contribution in [3.8, 4) is 11.1 Å². The van der Waals surface area contributed by atoms with Crippen molar-refractivity contribution in [1.82, 2.24) is 9.88 Å². The third-order valence-electron chi connectivity index (χ3n) is 6.14. The summed E-state index contributed by atoms with van der Waals surface area (Å²) < 4.78 is 0. The average molecular weight is 378 g/mol. The van der Waals surface area contributed by atoms with Gasteiger partial charge < -0.3 is 9.88 Å². The monoisotopic (exact) mass is 378 g/mol. The van der Waals surface area contributed by atoms with Crippen molar-refractivity contribution in [1.29, 1.82) is 0 Å². The van der Waals surface area contributed by atoms with E-state index >= 15 is 0 Å². The van der Waals surface area contributed by atoms with Gasteiger partial charge in [-0.3, -0.25) is 9.59 Å². The number of carbonyl (C=O) groups is 2. The highest BCUT2D eigenvalue weighted by Gasteiger charge is 2.29. The largest absolute Gasteiger partial charge is 0.358 e. The minimum absolute atomic E-state index is 0.00260. The fourth-order valence-corrected chi connectivity index (χ4v) is 4.68. The van der Waals surface area contributed by atoms with Gasteiger partial charge in [-0.05, 0) is 29.3 Å². The standard InChI is InChI=1S/C25H18N2O2/c28-24-19-7-2-1-5-16(19)17-10-9-15(13-20(17)24)25(29)27-12-11-23-21(14-27)18-6-3-4-8-22(18)26-23/h1-10,13,26H,11-12,14H2. The maximum atomic E-state index is 13.3. The summed E-state index contributed by atoms with van der Waals surface area (Å²) >= 11 is 0. The Morgan fingerprint density at radius 3 is 2.52 bits per heavy atom. The number of fused-ring (bicyclic) bond motifs is 6. The number of amides is 1. The second-order valence-corrected chi connectivity index (χ2v) is 7.74. The molecule has 2 aliphatic rings. The molecule has 4 heteroatoms.